The number of fused-ring (bicyclic) bond motifs is 2. The number of pyridine rings is 1. The molecule has 0 fully saturated rings. The summed E-state index contributed by atoms with van der Waals surface area (Å²) in [6.45, 7) is 0.514. The molecule has 0 radical (unpaired) electrons. The van der Waals surface area contributed by atoms with Gasteiger partial charge in [-0.25, -0.2) is 23.6 Å². The van der Waals surface area contributed by atoms with Gasteiger partial charge in [0.2, 0.25) is 5.65 Å². The standard InChI is InChI=1S/C18H12FN7/c19-14-3-1-13(2-4-14)16-10-20-17-18(22-16)26(24-23-17)11-12-6-8-25-15(9-12)5-7-21-25/h1-10H,11H2. The first-order valence-electron chi connectivity index (χ1n) is 8.01. The zero-order valence-electron chi connectivity index (χ0n) is 13.5. The van der Waals surface area contributed by atoms with Crippen molar-refractivity contribution in [3.05, 3.63) is 72.4 Å². The van der Waals surface area contributed by atoms with Gasteiger partial charge < -0.3 is 0 Å². The van der Waals surface area contributed by atoms with Gasteiger partial charge >= 0.3 is 0 Å². The molecular weight excluding hydrogens is 333 g/mol. The summed E-state index contributed by atoms with van der Waals surface area (Å²) in [5, 5.41) is 12.4. The van der Waals surface area contributed by atoms with Gasteiger partial charge in [0.05, 0.1) is 24.0 Å². The van der Waals surface area contributed by atoms with Gasteiger partial charge in [-0.05, 0) is 48.0 Å². The monoisotopic (exact) mass is 345 g/mol. The first-order chi connectivity index (χ1) is 12.8. The number of aromatic nitrogens is 7. The van der Waals surface area contributed by atoms with E-state index in [9.17, 15) is 4.39 Å². The van der Waals surface area contributed by atoms with Crippen LogP contribution in [-0.2, 0) is 6.54 Å². The third-order valence-electron chi connectivity index (χ3n) is 4.16. The lowest BCUT2D eigenvalue weighted by molar-refractivity contribution is 0.628. The molecule has 0 aliphatic rings. The average molecular weight is 345 g/mol. The van der Waals surface area contributed by atoms with Gasteiger partial charge in [0.15, 0.2) is 5.65 Å². The minimum Gasteiger partial charge on any atom is -0.241 e. The van der Waals surface area contributed by atoms with Crippen LogP contribution in [0, 0.1) is 5.82 Å². The SMILES string of the molecule is Fc1ccc(-c2cnc3nnn(Cc4ccn5nccc5c4)c3n2)cc1. The van der Waals surface area contributed by atoms with Crippen LogP contribution in [-0.4, -0.2) is 34.6 Å². The maximum atomic E-state index is 13.1. The molecule has 0 saturated heterocycles. The van der Waals surface area contributed by atoms with Crippen molar-refractivity contribution in [2.24, 2.45) is 0 Å². The van der Waals surface area contributed by atoms with Crippen LogP contribution in [0.25, 0.3) is 28.1 Å². The highest BCUT2D eigenvalue weighted by molar-refractivity contribution is 5.70. The molecule has 7 nitrogen and oxygen atoms in total. The molecule has 1 aromatic carbocycles. The third-order valence-corrected chi connectivity index (χ3v) is 4.16. The Kier molecular flexibility index (Phi) is 3.21. The fourth-order valence-corrected chi connectivity index (χ4v) is 2.86. The van der Waals surface area contributed by atoms with E-state index in [-0.39, 0.29) is 5.82 Å². The van der Waals surface area contributed by atoms with Crippen molar-refractivity contribution >= 4 is 16.8 Å². The molecule has 0 spiro atoms. The highest BCUT2D eigenvalue weighted by Gasteiger charge is 2.11. The summed E-state index contributed by atoms with van der Waals surface area (Å²) in [5.41, 5.74) is 4.55. The summed E-state index contributed by atoms with van der Waals surface area (Å²) in [4.78, 5) is 8.94. The van der Waals surface area contributed by atoms with Crippen molar-refractivity contribution in [3.8, 4) is 11.3 Å². The Morgan fingerprint density at radius 3 is 2.81 bits per heavy atom. The van der Waals surface area contributed by atoms with E-state index in [1.807, 2.05) is 24.4 Å². The molecular formula is C18H12FN7. The molecule has 5 rings (SSSR count). The zero-order valence-corrected chi connectivity index (χ0v) is 13.5. The summed E-state index contributed by atoms with van der Waals surface area (Å²) in [6.07, 6.45) is 5.27. The smallest absolute Gasteiger partial charge is 0.221 e. The van der Waals surface area contributed by atoms with E-state index in [2.05, 4.69) is 25.4 Å². The molecule has 26 heavy (non-hydrogen) atoms. The van der Waals surface area contributed by atoms with Crippen molar-refractivity contribution < 1.29 is 4.39 Å². The van der Waals surface area contributed by atoms with Gasteiger partial charge in [-0.1, -0.05) is 5.21 Å². The van der Waals surface area contributed by atoms with Crippen molar-refractivity contribution in [1.29, 1.82) is 0 Å². The summed E-state index contributed by atoms with van der Waals surface area (Å²) in [7, 11) is 0. The molecule has 0 unspecified atom stereocenters. The number of halogens is 1. The van der Waals surface area contributed by atoms with Crippen LogP contribution >= 0.6 is 0 Å². The number of hydrogen-bond acceptors (Lipinski definition) is 5. The Labute approximate surface area is 146 Å². The molecule has 0 saturated carbocycles. The van der Waals surface area contributed by atoms with E-state index in [0.717, 1.165) is 16.6 Å². The van der Waals surface area contributed by atoms with Gasteiger partial charge in [0, 0.05) is 18.0 Å². The fraction of sp³-hybridized carbons (Fsp3) is 0.0556. The van der Waals surface area contributed by atoms with Crippen LogP contribution in [0.2, 0.25) is 0 Å². The van der Waals surface area contributed by atoms with E-state index in [0.29, 0.717) is 23.5 Å². The van der Waals surface area contributed by atoms with Crippen LogP contribution in [0.5, 0.6) is 0 Å². The van der Waals surface area contributed by atoms with E-state index in [1.165, 1.54) is 12.1 Å². The van der Waals surface area contributed by atoms with Gasteiger partial charge in [-0.2, -0.15) is 5.10 Å². The van der Waals surface area contributed by atoms with Gasteiger partial charge in [0.25, 0.3) is 0 Å². The molecule has 5 aromatic rings. The molecule has 0 amide bonds. The van der Waals surface area contributed by atoms with E-state index >= 15 is 0 Å². The highest BCUT2D eigenvalue weighted by Crippen LogP contribution is 2.19. The molecule has 0 aliphatic heterocycles. The molecule has 126 valence electrons. The summed E-state index contributed by atoms with van der Waals surface area (Å²) in [6, 6.07) is 12.1. The van der Waals surface area contributed by atoms with Gasteiger partial charge in [-0.3, -0.25) is 0 Å². The Hall–Kier alpha value is -3.68. The lowest BCUT2D eigenvalue weighted by atomic mass is 10.1. The quantitative estimate of drug-likeness (QED) is 0.503. The normalized spacial score (nSPS) is 11.4. The van der Waals surface area contributed by atoms with E-state index < -0.39 is 0 Å². The molecule has 4 aromatic heterocycles. The van der Waals surface area contributed by atoms with E-state index in [1.54, 1.807) is 33.7 Å². The summed E-state index contributed by atoms with van der Waals surface area (Å²) in [5.74, 6) is -0.287. The predicted octanol–water partition coefficient (Wildman–Crippen LogP) is 2.72. The maximum absolute atomic E-state index is 13.1. The second-order valence-corrected chi connectivity index (χ2v) is 5.89. The molecule has 0 atom stereocenters. The van der Waals surface area contributed by atoms with Crippen molar-refractivity contribution in [1.82, 2.24) is 34.6 Å². The first-order valence-corrected chi connectivity index (χ1v) is 8.01. The van der Waals surface area contributed by atoms with Crippen LogP contribution in [0.1, 0.15) is 5.56 Å². The van der Waals surface area contributed by atoms with Crippen LogP contribution in [0.3, 0.4) is 0 Å². The lowest BCUT2D eigenvalue weighted by Crippen LogP contribution is -2.04. The summed E-state index contributed by atoms with van der Waals surface area (Å²) < 4.78 is 16.6. The first kappa shape index (κ1) is 14.6. The Morgan fingerprint density at radius 1 is 1.04 bits per heavy atom. The zero-order chi connectivity index (χ0) is 17.5. The van der Waals surface area contributed by atoms with Crippen molar-refractivity contribution in [2.75, 3.05) is 0 Å². The third kappa shape index (κ3) is 2.48. The van der Waals surface area contributed by atoms with E-state index in [4.69, 9.17) is 0 Å². The predicted molar refractivity (Wildman–Crippen MR) is 92.8 cm³/mol. The minimum atomic E-state index is -0.287. The van der Waals surface area contributed by atoms with Crippen LogP contribution in [0.15, 0.2) is 61.1 Å². The molecule has 0 aliphatic carbocycles. The second kappa shape index (κ2) is 5.69. The highest BCUT2D eigenvalue weighted by atomic mass is 19.1. The topological polar surface area (TPSA) is 73.8 Å². The fourth-order valence-electron chi connectivity index (χ4n) is 2.86. The summed E-state index contributed by atoms with van der Waals surface area (Å²) >= 11 is 0. The number of hydrogen-bond donors (Lipinski definition) is 0. The van der Waals surface area contributed by atoms with Crippen molar-refractivity contribution in [2.45, 2.75) is 6.54 Å². The van der Waals surface area contributed by atoms with Crippen molar-refractivity contribution in [3.63, 3.8) is 0 Å². The molecule has 0 bridgehead atoms. The second-order valence-electron chi connectivity index (χ2n) is 5.89. The molecule has 4 heterocycles. The van der Waals surface area contributed by atoms with Crippen LogP contribution < -0.4 is 0 Å². The number of nitrogens with zero attached hydrogens (tertiary/aromatic N) is 7. The van der Waals surface area contributed by atoms with Gasteiger partial charge in [-0.15, -0.1) is 5.10 Å². The Balaban J connectivity index is 1.54. The maximum Gasteiger partial charge on any atom is 0.221 e. The van der Waals surface area contributed by atoms with Crippen LogP contribution in [0.4, 0.5) is 4.39 Å². The lowest BCUT2D eigenvalue weighted by Gasteiger charge is -2.04. The number of benzene rings is 1. The Morgan fingerprint density at radius 2 is 1.92 bits per heavy atom. The largest absolute Gasteiger partial charge is 0.241 e. The Bertz CT molecular complexity index is 1220. The minimum absolute atomic E-state index is 0.287. The molecule has 0 N–H and O–H groups in total. The van der Waals surface area contributed by atoms with Gasteiger partial charge in [0.1, 0.15) is 5.82 Å². The number of rotatable bonds is 3. The average Bonchev–Trinajstić information content (AvgIpc) is 3.29. The molecule has 8 heteroatoms.